The summed E-state index contributed by atoms with van der Waals surface area (Å²) in [6.07, 6.45) is 0. The second kappa shape index (κ2) is 4.63. The van der Waals surface area contributed by atoms with E-state index in [-0.39, 0.29) is 5.91 Å². The Morgan fingerprint density at radius 3 is 2.94 bits per heavy atom. The Kier molecular flexibility index (Phi) is 3.03. The van der Waals surface area contributed by atoms with Crippen molar-refractivity contribution in [1.29, 1.82) is 5.26 Å². The number of hydrogen-bond acceptors (Lipinski definition) is 5. The van der Waals surface area contributed by atoms with Crippen molar-refractivity contribution in [1.82, 2.24) is 4.98 Å². The first kappa shape index (κ1) is 11.1. The minimum absolute atomic E-state index is 0.317. The summed E-state index contributed by atoms with van der Waals surface area (Å²) in [5.74, 6) is -0.317. The number of carbonyl (C=O) groups excluding carboxylic acids is 1. The van der Waals surface area contributed by atoms with Crippen LogP contribution in [-0.2, 0) is 0 Å². The largest absolute Gasteiger partial charge is 0.397 e. The van der Waals surface area contributed by atoms with Crippen LogP contribution in [0.25, 0.3) is 0 Å². The summed E-state index contributed by atoms with van der Waals surface area (Å²) in [5, 5.41) is 13.0. The van der Waals surface area contributed by atoms with Gasteiger partial charge in [-0.3, -0.25) is 4.79 Å². The summed E-state index contributed by atoms with van der Waals surface area (Å²) in [7, 11) is 0. The van der Waals surface area contributed by atoms with E-state index in [4.69, 9.17) is 11.0 Å². The second-order valence-corrected chi connectivity index (χ2v) is 3.96. The van der Waals surface area contributed by atoms with Crippen molar-refractivity contribution in [3.8, 4) is 6.07 Å². The average Bonchev–Trinajstić information content (AvgIpc) is 2.85. The highest BCUT2D eigenvalue weighted by molar-refractivity contribution is 7.07. The molecule has 0 atom stereocenters. The monoisotopic (exact) mass is 244 g/mol. The van der Waals surface area contributed by atoms with Gasteiger partial charge in [0.15, 0.2) is 0 Å². The van der Waals surface area contributed by atoms with Crippen molar-refractivity contribution >= 4 is 28.6 Å². The minimum Gasteiger partial charge on any atom is -0.397 e. The number of aromatic nitrogens is 1. The van der Waals surface area contributed by atoms with Crippen LogP contribution < -0.4 is 11.1 Å². The van der Waals surface area contributed by atoms with E-state index in [1.807, 2.05) is 6.07 Å². The molecule has 1 amide bonds. The number of anilines is 2. The maximum Gasteiger partial charge on any atom is 0.275 e. The van der Waals surface area contributed by atoms with Gasteiger partial charge in [0.25, 0.3) is 5.91 Å². The van der Waals surface area contributed by atoms with Gasteiger partial charge < -0.3 is 11.1 Å². The summed E-state index contributed by atoms with van der Waals surface area (Å²) < 4.78 is 0. The number of rotatable bonds is 2. The highest BCUT2D eigenvalue weighted by Crippen LogP contribution is 2.20. The van der Waals surface area contributed by atoms with Crippen LogP contribution in [0.15, 0.2) is 29.1 Å². The number of carbonyl (C=O) groups is 1. The quantitative estimate of drug-likeness (QED) is 0.788. The molecule has 1 heterocycles. The van der Waals surface area contributed by atoms with Crippen LogP contribution in [0, 0.1) is 11.3 Å². The number of benzene rings is 1. The molecule has 0 aliphatic carbocycles. The number of nitrogens with one attached hydrogen (secondary N) is 1. The first-order valence-corrected chi connectivity index (χ1v) is 5.64. The predicted molar refractivity (Wildman–Crippen MR) is 65.6 cm³/mol. The zero-order chi connectivity index (χ0) is 12.3. The molecule has 0 saturated carbocycles. The fourth-order valence-electron chi connectivity index (χ4n) is 1.26. The molecule has 2 aromatic rings. The molecule has 17 heavy (non-hydrogen) atoms. The molecular weight excluding hydrogens is 236 g/mol. The summed E-state index contributed by atoms with van der Waals surface area (Å²) >= 11 is 1.34. The van der Waals surface area contributed by atoms with Crippen molar-refractivity contribution in [2.24, 2.45) is 0 Å². The lowest BCUT2D eigenvalue weighted by Gasteiger charge is -2.06. The van der Waals surface area contributed by atoms with E-state index in [0.717, 1.165) is 0 Å². The highest BCUT2D eigenvalue weighted by Gasteiger charge is 2.09. The van der Waals surface area contributed by atoms with Crippen LogP contribution in [0.2, 0.25) is 0 Å². The van der Waals surface area contributed by atoms with Crippen molar-refractivity contribution in [2.75, 3.05) is 11.1 Å². The molecule has 1 aromatic heterocycles. The van der Waals surface area contributed by atoms with Crippen LogP contribution in [-0.4, -0.2) is 10.9 Å². The van der Waals surface area contributed by atoms with Gasteiger partial charge in [0.1, 0.15) is 5.69 Å². The van der Waals surface area contributed by atoms with Gasteiger partial charge in [0, 0.05) is 5.38 Å². The maximum absolute atomic E-state index is 11.7. The summed E-state index contributed by atoms with van der Waals surface area (Å²) in [4.78, 5) is 15.6. The van der Waals surface area contributed by atoms with Crippen LogP contribution in [0.3, 0.4) is 0 Å². The molecule has 0 unspecified atom stereocenters. The van der Waals surface area contributed by atoms with Gasteiger partial charge in [-0.15, -0.1) is 11.3 Å². The molecule has 0 spiro atoms. The van der Waals surface area contributed by atoms with E-state index in [1.165, 1.54) is 17.4 Å². The predicted octanol–water partition coefficient (Wildman–Crippen LogP) is 1.85. The SMILES string of the molecule is N#Cc1ccc(NC(=O)c2cscn2)c(N)c1. The summed E-state index contributed by atoms with van der Waals surface area (Å²) in [5.41, 5.74) is 8.92. The molecule has 0 aliphatic heterocycles. The molecule has 1 aromatic carbocycles. The van der Waals surface area contributed by atoms with Crippen LogP contribution >= 0.6 is 11.3 Å². The number of amides is 1. The van der Waals surface area contributed by atoms with E-state index in [0.29, 0.717) is 22.6 Å². The van der Waals surface area contributed by atoms with E-state index in [1.54, 1.807) is 23.0 Å². The van der Waals surface area contributed by atoms with Crippen molar-refractivity contribution in [3.63, 3.8) is 0 Å². The first-order valence-electron chi connectivity index (χ1n) is 4.70. The Hall–Kier alpha value is -2.39. The molecule has 0 saturated heterocycles. The van der Waals surface area contributed by atoms with E-state index >= 15 is 0 Å². The number of nitrogens with two attached hydrogens (primary N) is 1. The number of thiazole rings is 1. The Balaban J connectivity index is 2.20. The van der Waals surface area contributed by atoms with Crippen molar-refractivity contribution in [2.45, 2.75) is 0 Å². The zero-order valence-electron chi connectivity index (χ0n) is 8.68. The molecular formula is C11H8N4OS. The Morgan fingerprint density at radius 1 is 1.53 bits per heavy atom. The highest BCUT2D eigenvalue weighted by atomic mass is 32.1. The fourth-order valence-corrected chi connectivity index (χ4v) is 1.79. The van der Waals surface area contributed by atoms with Crippen molar-refractivity contribution < 1.29 is 4.79 Å². The molecule has 0 radical (unpaired) electrons. The Labute approximate surface area is 102 Å². The van der Waals surface area contributed by atoms with Gasteiger partial charge in [0.2, 0.25) is 0 Å². The van der Waals surface area contributed by atoms with Crippen LogP contribution in [0.1, 0.15) is 16.1 Å². The lowest BCUT2D eigenvalue weighted by atomic mass is 10.2. The number of nitrogen functional groups attached to an aromatic ring is 1. The standard InChI is InChI=1S/C11H8N4OS/c12-4-7-1-2-9(8(13)3-7)15-11(16)10-5-17-6-14-10/h1-3,5-6H,13H2,(H,15,16). The minimum atomic E-state index is -0.317. The Morgan fingerprint density at radius 2 is 2.35 bits per heavy atom. The summed E-state index contributed by atoms with van der Waals surface area (Å²) in [6, 6.07) is 6.67. The lowest BCUT2D eigenvalue weighted by Crippen LogP contribution is -2.13. The fraction of sp³-hybridized carbons (Fsp3) is 0. The van der Waals surface area contributed by atoms with Crippen molar-refractivity contribution in [3.05, 3.63) is 40.3 Å². The second-order valence-electron chi connectivity index (χ2n) is 3.24. The normalized spacial score (nSPS) is 9.59. The molecule has 3 N–H and O–H groups in total. The van der Waals surface area contributed by atoms with Gasteiger partial charge in [-0.2, -0.15) is 5.26 Å². The maximum atomic E-state index is 11.7. The zero-order valence-corrected chi connectivity index (χ0v) is 9.49. The molecule has 6 heteroatoms. The van der Waals surface area contributed by atoms with Gasteiger partial charge in [-0.25, -0.2) is 4.98 Å². The number of nitriles is 1. The third-order valence-electron chi connectivity index (χ3n) is 2.09. The molecule has 0 fully saturated rings. The molecule has 0 bridgehead atoms. The van der Waals surface area contributed by atoms with E-state index in [9.17, 15) is 4.79 Å². The Bertz CT molecular complexity index is 586. The van der Waals surface area contributed by atoms with E-state index < -0.39 is 0 Å². The lowest BCUT2D eigenvalue weighted by molar-refractivity contribution is 0.102. The topological polar surface area (TPSA) is 91.8 Å². The van der Waals surface area contributed by atoms with Crippen LogP contribution in [0.5, 0.6) is 0 Å². The molecule has 2 rings (SSSR count). The van der Waals surface area contributed by atoms with Crippen LogP contribution in [0.4, 0.5) is 11.4 Å². The van der Waals surface area contributed by atoms with E-state index in [2.05, 4.69) is 10.3 Å². The number of hydrogen-bond donors (Lipinski definition) is 2. The third-order valence-corrected chi connectivity index (χ3v) is 2.68. The molecule has 5 nitrogen and oxygen atoms in total. The smallest absolute Gasteiger partial charge is 0.275 e. The first-order chi connectivity index (χ1) is 8.20. The van der Waals surface area contributed by atoms with Gasteiger partial charge in [0.05, 0.1) is 28.5 Å². The number of nitrogens with zero attached hydrogens (tertiary/aromatic N) is 2. The van der Waals surface area contributed by atoms with Gasteiger partial charge >= 0.3 is 0 Å². The summed E-state index contributed by atoms with van der Waals surface area (Å²) in [6.45, 7) is 0. The third kappa shape index (κ3) is 2.41. The average molecular weight is 244 g/mol. The van der Waals surface area contributed by atoms with Gasteiger partial charge in [-0.1, -0.05) is 0 Å². The molecule has 84 valence electrons. The van der Waals surface area contributed by atoms with Gasteiger partial charge in [-0.05, 0) is 18.2 Å². The molecule has 0 aliphatic rings.